The summed E-state index contributed by atoms with van der Waals surface area (Å²) in [4.78, 5) is 7.74. The van der Waals surface area contributed by atoms with Crippen molar-refractivity contribution < 1.29 is 17.5 Å². The molecule has 0 aliphatic heterocycles. The third-order valence-electron chi connectivity index (χ3n) is 5.87. The fourth-order valence-electron chi connectivity index (χ4n) is 4.13. The van der Waals surface area contributed by atoms with Gasteiger partial charge in [0.15, 0.2) is 0 Å². The van der Waals surface area contributed by atoms with Crippen molar-refractivity contribution in [2.75, 3.05) is 18.1 Å². The maximum Gasteiger partial charge on any atom is 0.229 e. The average Bonchev–Trinajstić information content (AvgIpc) is 3.49. The van der Waals surface area contributed by atoms with E-state index in [0.29, 0.717) is 30.0 Å². The highest BCUT2D eigenvalue weighted by Crippen LogP contribution is 2.34. The van der Waals surface area contributed by atoms with Gasteiger partial charge >= 0.3 is 0 Å². The van der Waals surface area contributed by atoms with Gasteiger partial charge in [-0.25, -0.2) is 17.8 Å². The van der Waals surface area contributed by atoms with Crippen molar-refractivity contribution in [2.45, 2.75) is 13.0 Å². The zero-order valence-electron chi connectivity index (χ0n) is 19.7. The molecule has 3 aromatic heterocycles. The fraction of sp³-hybridized carbons (Fsp3) is 0.154. The molecule has 0 unspecified atom stereocenters. The first-order valence-electron chi connectivity index (χ1n) is 11.2. The van der Waals surface area contributed by atoms with Crippen molar-refractivity contribution in [2.24, 2.45) is 0 Å². The van der Waals surface area contributed by atoms with Crippen LogP contribution in [0.4, 0.5) is 10.1 Å². The molecule has 0 spiro atoms. The van der Waals surface area contributed by atoms with E-state index in [1.54, 1.807) is 41.3 Å². The summed E-state index contributed by atoms with van der Waals surface area (Å²) in [7, 11) is -2.00. The summed E-state index contributed by atoms with van der Waals surface area (Å²) in [5, 5.41) is 5.35. The summed E-state index contributed by atoms with van der Waals surface area (Å²) < 4.78 is 47.1. The van der Waals surface area contributed by atoms with Gasteiger partial charge in [-0.2, -0.15) is 5.10 Å². The molecule has 0 saturated carbocycles. The van der Waals surface area contributed by atoms with Gasteiger partial charge in [-0.1, -0.05) is 24.3 Å². The number of anilines is 1. The SMILES string of the molecule is COc1ccc(-c2cnc3[nH]cc(-c4cnn(CCc5ccccc5F)c4)c3c2)cc1NS(C)(=O)=O. The van der Waals surface area contributed by atoms with Crippen molar-refractivity contribution in [1.82, 2.24) is 19.7 Å². The minimum atomic E-state index is -3.48. The van der Waals surface area contributed by atoms with E-state index in [4.69, 9.17) is 4.74 Å². The summed E-state index contributed by atoms with van der Waals surface area (Å²) in [5.74, 6) is 0.205. The van der Waals surface area contributed by atoms with Crippen LogP contribution >= 0.6 is 0 Å². The van der Waals surface area contributed by atoms with E-state index in [-0.39, 0.29) is 5.82 Å². The summed E-state index contributed by atoms with van der Waals surface area (Å²) in [5.41, 5.74) is 5.15. The smallest absolute Gasteiger partial charge is 0.229 e. The fourth-order valence-corrected chi connectivity index (χ4v) is 4.69. The van der Waals surface area contributed by atoms with Gasteiger partial charge in [0.2, 0.25) is 10.0 Å². The molecule has 0 saturated heterocycles. The van der Waals surface area contributed by atoms with Gasteiger partial charge in [0.25, 0.3) is 0 Å². The molecule has 0 amide bonds. The molecular formula is C26H24FN5O3S. The molecule has 5 aromatic rings. The number of rotatable bonds is 8. The Kier molecular flexibility index (Phi) is 6.19. The summed E-state index contributed by atoms with van der Waals surface area (Å²) in [6.07, 6.45) is 8.94. The summed E-state index contributed by atoms with van der Waals surface area (Å²) >= 11 is 0. The van der Waals surface area contributed by atoms with Crippen LogP contribution in [0.25, 0.3) is 33.3 Å². The molecule has 0 fully saturated rings. The molecule has 10 heteroatoms. The molecule has 5 rings (SSSR count). The van der Waals surface area contributed by atoms with Crippen molar-refractivity contribution >= 4 is 26.7 Å². The zero-order valence-corrected chi connectivity index (χ0v) is 20.5. The standard InChI is InChI=1S/C26H24FN5O3S/c1-35-25-8-7-18(12-24(25)31-36(2,33)34)19-11-21-22(15-29-26(21)28-13-19)20-14-30-32(16-20)10-9-17-5-3-4-6-23(17)27/h3-8,11-16,31H,9-10H2,1-2H3,(H,28,29). The Labute approximate surface area is 207 Å². The molecule has 0 atom stereocenters. The minimum Gasteiger partial charge on any atom is -0.495 e. The molecule has 2 N–H and O–H groups in total. The number of benzene rings is 2. The molecule has 0 aliphatic carbocycles. The second kappa shape index (κ2) is 9.46. The minimum absolute atomic E-state index is 0.214. The lowest BCUT2D eigenvalue weighted by Crippen LogP contribution is -2.10. The van der Waals surface area contributed by atoms with Crippen molar-refractivity contribution in [1.29, 1.82) is 0 Å². The number of hydrogen-bond acceptors (Lipinski definition) is 5. The van der Waals surface area contributed by atoms with Gasteiger partial charge in [-0.15, -0.1) is 0 Å². The topological polar surface area (TPSA) is 102 Å². The highest BCUT2D eigenvalue weighted by Gasteiger charge is 2.14. The number of methoxy groups -OCH3 is 1. The second-order valence-electron chi connectivity index (χ2n) is 8.45. The molecule has 0 radical (unpaired) electrons. The van der Waals surface area contributed by atoms with Gasteiger partial charge in [0, 0.05) is 47.2 Å². The highest BCUT2D eigenvalue weighted by atomic mass is 32.2. The van der Waals surface area contributed by atoms with E-state index in [0.717, 1.165) is 39.5 Å². The van der Waals surface area contributed by atoms with Crippen LogP contribution in [-0.4, -0.2) is 41.5 Å². The third-order valence-corrected chi connectivity index (χ3v) is 6.46. The molecule has 3 heterocycles. The molecule has 36 heavy (non-hydrogen) atoms. The van der Waals surface area contributed by atoms with E-state index in [2.05, 4.69) is 19.8 Å². The molecule has 0 aliphatic rings. The number of aromatic nitrogens is 4. The van der Waals surface area contributed by atoms with Crippen LogP contribution < -0.4 is 9.46 Å². The van der Waals surface area contributed by atoms with Crippen LogP contribution in [0.15, 0.2) is 73.3 Å². The Balaban J connectivity index is 1.44. The number of pyridine rings is 1. The highest BCUT2D eigenvalue weighted by molar-refractivity contribution is 7.92. The van der Waals surface area contributed by atoms with Crippen molar-refractivity contribution in [3.05, 3.63) is 84.7 Å². The van der Waals surface area contributed by atoms with Gasteiger partial charge in [-0.05, 0) is 41.8 Å². The number of sulfonamides is 1. The Morgan fingerprint density at radius 3 is 2.69 bits per heavy atom. The number of aryl methyl sites for hydroxylation is 2. The lowest BCUT2D eigenvalue weighted by Gasteiger charge is -2.12. The number of fused-ring (bicyclic) bond motifs is 1. The maximum atomic E-state index is 13.9. The van der Waals surface area contributed by atoms with Crippen molar-refractivity contribution in [3.63, 3.8) is 0 Å². The Morgan fingerprint density at radius 2 is 1.92 bits per heavy atom. The second-order valence-corrected chi connectivity index (χ2v) is 10.2. The monoisotopic (exact) mass is 505 g/mol. The largest absolute Gasteiger partial charge is 0.495 e. The first-order valence-corrected chi connectivity index (χ1v) is 13.1. The van der Waals surface area contributed by atoms with E-state index in [9.17, 15) is 12.8 Å². The predicted molar refractivity (Wildman–Crippen MR) is 138 cm³/mol. The average molecular weight is 506 g/mol. The van der Waals surface area contributed by atoms with Gasteiger partial charge in [0.1, 0.15) is 17.2 Å². The van der Waals surface area contributed by atoms with E-state index >= 15 is 0 Å². The van der Waals surface area contributed by atoms with Crippen LogP contribution in [0.1, 0.15) is 5.56 Å². The maximum absolute atomic E-state index is 13.9. The molecule has 0 bridgehead atoms. The quantitative estimate of drug-likeness (QED) is 0.314. The van der Waals surface area contributed by atoms with Gasteiger partial charge < -0.3 is 9.72 Å². The lowest BCUT2D eigenvalue weighted by atomic mass is 10.0. The van der Waals surface area contributed by atoms with Crippen LogP contribution in [0.2, 0.25) is 0 Å². The number of H-pyrrole nitrogens is 1. The number of nitrogens with zero attached hydrogens (tertiary/aromatic N) is 3. The number of halogens is 1. The zero-order chi connectivity index (χ0) is 25.3. The molecule has 184 valence electrons. The summed E-state index contributed by atoms with van der Waals surface area (Å²) in [6.45, 7) is 0.550. The van der Waals surface area contributed by atoms with E-state index < -0.39 is 10.0 Å². The molecule has 2 aromatic carbocycles. The number of aromatic amines is 1. The number of hydrogen-bond donors (Lipinski definition) is 2. The lowest BCUT2D eigenvalue weighted by molar-refractivity contribution is 0.417. The summed E-state index contributed by atoms with van der Waals surface area (Å²) in [6, 6.07) is 14.0. The first-order chi connectivity index (χ1) is 17.3. The Hall–Kier alpha value is -4.18. The van der Waals surface area contributed by atoms with E-state index in [1.807, 2.05) is 30.6 Å². The first kappa shape index (κ1) is 23.6. The van der Waals surface area contributed by atoms with Crippen LogP contribution in [-0.2, 0) is 23.0 Å². The van der Waals surface area contributed by atoms with Gasteiger partial charge in [-0.3, -0.25) is 9.40 Å². The Morgan fingerprint density at radius 1 is 1.08 bits per heavy atom. The van der Waals surface area contributed by atoms with Crippen LogP contribution in [0.3, 0.4) is 0 Å². The van der Waals surface area contributed by atoms with Crippen molar-refractivity contribution in [3.8, 4) is 28.0 Å². The van der Waals surface area contributed by atoms with E-state index in [1.165, 1.54) is 13.2 Å². The predicted octanol–water partition coefficient (Wildman–Crippen LogP) is 4.86. The van der Waals surface area contributed by atoms with Crippen LogP contribution in [0.5, 0.6) is 5.75 Å². The molecular weight excluding hydrogens is 481 g/mol. The van der Waals surface area contributed by atoms with Crippen LogP contribution in [0, 0.1) is 5.82 Å². The normalized spacial score (nSPS) is 11.6. The number of ether oxygens (including phenoxy) is 1. The number of nitrogens with one attached hydrogen (secondary N) is 2. The third kappa shape index (κ3) is 4.94. The molecule has 8 nitrogen and oxygen atoms in total. The van der Waals surface area contributed by atoms with Gasteiger partial charge in [0.05, 0.1) is 25.2 Å². The Bertz CT molecular complexity index is 1660.